The lowest BCUT2D eigenvalue weighted by Crippen LogP contribution is -1.97. The van der Waals surface area contributed by atoms with Crippen molar-refractivity contribution < 1.29 is 4.39 Å². The van der Waals surface area contributed by atoms with E-state index < -0.39 is 0 Å². The number of nitrogens with one attached hydrogen (secondary N) is 1. The molecular weight excluding hydrogens is 283 g/mol. The van der Waals surface area contributed by atoms with Gasteiger partial charge in [-0.05, 0) is 41.1 Å². The molecule has 17 heavy (non-hydrogen) atoms. The smallest absolute Gasteiger partial charge is 0.139 e. The zero-order chi connectivity index (χ0) is 12.4. The Hall–Kier alpha value is -1.55. The molecule has 88 valence electrons. The second kappa shape index (κ2) is 4.75. The highest BCUT2D eigenvalue weighted by atomic mass is 79.9. The van der Waals surface area contributed by atoms with Crippen LogP contribution in [0.15, 0.2) is 40.9 Å². The number of halogens is 2. The van der Waals surface area contributed by atoms with Crippen molar-refractivity contribution in [2.24, 2.45) is 0 Å². The van der Waals surface area contributed by atoms with Crippen LogP contribution in [0.3, 0.4) is 0 Å². The summed E-state index contributed by atoms with van der Waals surface area (Å²) in [6.07, 6.45) is 0. The Bertz CT molecular complexity index is 538. The summed E-state index contributed by atoms with van der Waals surface area (Å²) in [6, 6.07) is 10.8. The van der Waals surface area contributed by atoms with Crippen LogP contribution in [-0.4, -0.2) is 0 Å². The Labute approximate surface area is 108 Å². The highest BCUT2D eigenvalue weighted by Gasteiger charge is 2.05. The molecule has 0 fully saturated rings. The maximum atomic E-state index is 13.2. The first-order valence-corrected chi connectivity index (χ1v) is 5.94. The van der Waals surface area contributed by atoms with Crippen LogP contribution in [0.2, 0.25) is 0 Å². The lowest BCUT2D eigenvalue weighted by Gasteiger charge is -2.10. The van der Waals surface area contributed by atoms with Crippen molar-refractivity contribution in [2.45, 2.75) is 6.92 Å². The summed E-state index contributed by atoms with van der Waals surface area (Å²) in [5.74, 6) is -0.364. The number of aryl methyl sites for hydroxylation is 1. The van der Waals surface area contributed by atoms with Crippen LogP contribution < -0.4 is 11.1 Å². The molecule has 0 amide bonds. The van der Waals surface area contributed by atoms with Crippen LogP contribution in [0.5, 0.6) is 0 Å². The molecule has 0 saturated carbocycles. The van der Waals surface area contributed by atoms with Gasteiger partial charge in [0.1, 0.15) is 5.82 Å². The van der Waals surface area contributed by atoms with Gasteiger partial charge in [0.2, 0.25) is 0 Å². The van der Waals surface area contributed by atoms with Crippen LogP contribution in [-0.2, 0) is 0 Å². The minimum Gasteiger partial charge on any atom is -0.397 e. The Morgan fingerprint density at radius 3 is 2.47 bits per heavy atom. The molecule has 0 bridgehead atoms. The lowest BCUT2D eigenvalue weighted by atomic mass is 10.2. The van der Waals surface area contributed by atoms with Gasteiger partial charge in [0.15, 0.2) is 0 Å². The van der Waals surface area contributed by atoms with E-state index in [-0.39, 0.29) is 5.82 Å². The van der Waals surface area contributed by atoms with E-state index in [9.17, 15) is 4.39 Å². The second-order valence-corrected chi connectivity index (χ2v) is 4.70. The molecule has 4 heteroatoms. The van der Waals surface area contributed by atoms with Gasteiger partial charge >= 0.3 is 0 Å². The summed E-state index contributed by atoms with van der Waals surface area (Å²) >= 11 is 3.13. The standard InChI is InChI=1S/C13H12BrFN2/c1-8-2-4-9(5-3-8)17-13-6-10(14)11(15)7-12(13)16/h2-7,17H,16H2,1H3. The molecule has 3 N–H and O–H groups in total. The predicted molar refractivity (Wildman–Crippen MR) is 73.0 cm³/mol. The van der Waals surface area contributed by atoms with Crippen molar-refractivity contribution >= 4 is 33.0 Å². The Kier molecular flexibility index (Phi) is 3.33. The molecular formula is C13H12BrFN2. The Morgan fingerprint density at radius 2 is 1.82 bits per heavy atom. The maximum Gasteiger partial charge on any atom is 0.139 e. The summed E-state index contributed by atoms with van der Waals surface area (Å²) in [5, 5.41) is 3.15. The van der Waals surface area contributed by atoms with Gasteiger partial charge in [0.05, 0.1) is 15.8 Å². The average Bonchev–Trinajstić information content (AvgIpc) is 2.29. The van der Waals surface area contributed by atoms with Crippen LogP contribution in [0, 0.1) is 12.7 Å². The topological polar surface area (TPSA) is 38.0 Å². The minimum absolute atomic E-state index is 0.364. The van der Waals surface area contributed by atoms with Gasteiger partial charge in [-0.15, -0.1) is 0 Å². The van der Waals surface area contributed by atoms with E-state index in [1.54, 1.807) is 6.07 Å². The first kappa shape index (κ1) is 11.9. The SMILES string of the molecule is Cc1ccc(Nc2cc(Br)c(F)cc2N)cc1. The van der Waals surface area contributed by atoms with Crippen LogP contribution >= 0.6 is 15.9 Å². The van der Waals surface area contributed by atoms with Crippen LogP contribution in [0.1, 0.15) is 5.56 Å². The molecule has 0 unspecified atom stereocenters. The summed E-state index contributed by atoms with van der Waals surface area (Å²) in [7, 11) is 0. The minimum atomic E-state index is -0.364. The number of benzene rings is 2. The zero-order valence-corrected chi connectivity index (χ0v) is 10.9. The fourth-order valence-corrected chi connectivity index (χ4v) is 1.81. The van der Waals surface area contributed by atoms with E-state index in [1.807, 2.05) is 31.2 Å². The quantitative estimate of drug-likeness (QED) is 0.814. The van der Waals surface area contributed by atoms with Crippen molar-refractivity contribution in [3.63, 3.8) is 0 Å². The fraction of sp³-hybridized carbons (Fsp3) is 0.0769. The molecule has 0 aliphatic heterocycles. The third-order valence-corrected chi connectivity index (χ3v) is 3.03. The average molecular weight is 295 g/mol. The molecule has 0 aliphatic carbocycles. The van der Waals surface area contributed by atoms with E-state index in [0.29, 0.717) is 15.8 Å². The summed E-state index contributed by atoms with van der Waals surface area (Å²) in [6.45, 7) is 2.02. The van der Waals surface area contributed by atoms with Gasteiger partial charge in [-0.2, -0.15) is 0 Å². The second-order valence-electron chi connectivity index (χ2n) is 3.84. The van der Waals surface area contributed by atoms with E-state index in [4.69, 9.17) is 5.73 Å². The normalized spacial score (nSPS) is 10.3. The van der Waals surface area contributed by atoms with Crippen molar-refractivity contribution in [1.29, 1.82) is 0 Å². The maximum absolute atomic E-state index is 13.2. The number of hydrogen-bond acceptors (Lipinski definition) is 2. The largest absolute Gasteiger partial charge is 0.397 e. The molecule has 2 nitrogen and oxygen atoms in total. The number of nitrogen functional groups attached to an aromatic ring is 1. The molecule has 0 aromatic heterocycles. The van der Waals surface area contributed by atoms with Crippen LogP contribution in [0.4, 0.5) is 21.5 Å². The van der Waals surface area contributed by atoms with E-state index in [0.717, 1.165) is 5.69 Å². The molecule has 2 aromatic carbocycles. The van der Waals surface area contributed by atoms with Gasteiger partial charge in [-0.1, -0.05) is 17.7 Å². The molecule has 0 heterocycles. The fourth-order valence-electron chi connectivity index (χ4n) is 1.46. The third kappa shape index (κ3) is 2.77. The zero-order valence-electron chi connectivity index (χ0n) is 9.30. The number of hydrogen-bond donors (Lipinski definition) is 2. The third-order valence-electron chi connectivity index (χ3n) is 2.42. The summed E-state index contributed by atoms with van der Waals surface area (Å²) in [4.78, 5) is 0. The van der Waals surface area contributed by atoms with Gasteiger partial charge in [0, 0.05) is 11.8 Å². The molecule has 0 spiro atoms. The highest BCUT2D eigenvalue weighted by molar-refractivity contribution is 9.10. The van der Waals surface area contributed by atoms with Crippen molar-refractivity contribution in [2.75, 3.05) is 11.1 Å². The molecule has 0 atom stereocenters. The van der Waals surface area contributed by atoms with Crippen LogP contribution in [0.25, 0.3) is 0 Å². The Morgan fingerprint density at radius 1 is 1.18 bits per heavy atom. The highest BCUT2D eigenvalue weighted by Crippen LogP contribution is 2.29. The van der Waals surface area contributed by atoms with E-state index in [2.05, 4.69) is 21.2 Å². The van der Waals surface area contributed by atoms with Gasteiger partial charge in [-0.3, -0.25) is 0 Å². The van der Waals surface area contributed by atoms with Gasteiger partial charge in [0.25, 0.3) is 0 Å². The Balaban J connectivity index is 2.30. The predicted octanol–water partition coefficient (Wildman–Crippen LogP) is 4.22. The van der Waals surface area contributed by atoms with E-state index in [1.165, 1.54) is 11.6 Å². The molecule has 2 rings (SSSR count). The van der Waals surface area contributed by atoms with E-state index >= 15 is 0 Å². The molecule has 0 saturated heterocycles. The monoisotopic (exact) mass is 294 g/mol. The number of rotatable bonds is 2. The van der Waals surface area contributed by atoms with Crippen molar-refractivity contribution in [3.8, 4) is 0 Å². The van der Waals surface area contributed by atoms with Gasteiger partial charge in [-0.25, -0.2) is 4.39 Å². The number of anilines is 3. The van der Waals surface area contributed by atoms with Crippen molar-refractivity contribution in [3.05, 3.63) is 52.3 Å². The summed E-state index contributed by atoms with van der Waals surface area (Å²) < 4.78 is 13.6. The van der Waals surface area contributed by atoms with Gasteiger partial charge < -0.3 is 11.1 Å². The molecule has 0 radical (unpaired) electrons. The van der Waals surface area contributed by atoms with Crippen molar-refractivity contribution in [1.82, 2.24) is 0 Å². The lowest BCUT2D eigenvalue weighted by molar-refractivity contribution is 0.622. The molecule has 0 aliphatic rings. The first-order valence-electron chi connectivity index (χ1n) is 5.14. The number of nitrogens with two attached hydrogens (primary N) is 1. The molecule has 2 aromatic rings. The first-order chi connectivity index (χ1) is 8.06. The summed E-state index contributed by atoms with van der Waals surface area (Å²) in [5.41, 5.74) is 8.91.